The van der Waals surface area contributed by atoms with Gasteiger partial charge in [0.2, 0.25) is 11.8 Å². The molecule has 2 aliphatic rings. The molecule has 0 saturated carbocycles. The molecule has 0 bridgehead atoms. The van der Waals surface area contributed by atoms with Crippen LogP contribution in [0.3, 0.4) is 0 Å². The average molecular weight is 370 g/mol. The van der Waals surface area contributed by atoms with E-state index in [0.29, 0.717) is 39.1 Å². The summed E-state index contributed by atoms with van der Waals surface area (Å²) in [4.78, 5) is 30.9. The summed E-state index contributed by atoms with van der Waals surface area (Å²) in [6.45, 7) is 6.09. The number of nitrogens with zero attached hydrogens (tertiary/aromatic N) is 3. The fourth-order valence-electron chi connectivity index (χ4n) is 4.29. The lowest BCUT2D eigenvalue weighted by Crippen LogP contribution is -2.54. The van der Waals surface area contributed by atoms with E-state index in [9.17, 15) is 14.7 Å². The molecule has 0 aromatic carbocycles. The second-order valence-electron chi connectivity index (χ2n) is 8.05. The minimum absolute atomic E-state index is 0.0139. The highest BCUT2D eigenvalue weighted by atomic mass is 16.5. The predicted octanol–water partition coefficient (Wildman–Crippen LogP) is 0.424. The van der Waals surface area contributed by atoms with E-state index in [-0.39, 0.29) is 36.4 Å². The Morgan fingerprint density at radius 2 is 1.88 bits per heavy atom. The standard InChI is InChI=1S/C19H35N3O4/c1-4-26-12-17(24)21-10-6-16(7-11-21)18(25)22-9-5-8-19(14-22,15-23)13-20(2)3/h16,23H,4-15H2,1-3H3. The minimum atomic E-state index is -0.217. The highest BCUT2D eigenvalue weighted by molar-refractivity contribution is 5.80. The summed E-state index contributed by atoms with van der Waals surface area (Å²) in [5.41, 5.74) is -0.217. The molecule has 2 fully saturated rings. The van der Waals surface area contributed by atoms with Gasteiger partial charge in [0.05, 0.1) is 6.61 Å². The average Bonchev–Trinajstić information content (AvgIpc) is 2.65. The Morgan fingerprint density at radius 3 is 2.46 bits per heavy atom. The molecule has 7 nitrogen and oxygen atoms in total. The molecule has 1 unspecified atom stereocenters. The first-order valence-electron chi connectivity index (χ1n) is 9.80. The van der Waals surface area contributed by atoms with Gasteiger partial charge < -0.3 is 24.5 Å². The number of carbonyl (C=O) groups excluding carboxylic acids is 2. The number of piperidine rings is 2. The predicted molar refractivity (Wildman–Crippen MR) is 99.7 cm³/mol. The van der Waals surface area contributed by atoms with Crippen molar-refractivity contribution in [2.45, 2.75) is 32.6 Å². The van der Waals surface area contributed by atoms with Crippen molar-refractivity contribution < 1.29 is 19.4 Å². The molecule has 1 atom stereocenters. The number of hydrogen-bond donors (Lipinski definition) is 1. The number of aliphatic hydroxyl groups is 1. The van der Waals surface area contributed by atoms with Crippen LogP contribution >= 0.6 is 0 Å². The SMILES string of the molecule is CCOCC(=O)N1CCC(C(=O)N2CCCC(CO)(CN(C)C)C2)CC1. The van der Waals surface area contributed by atoms with Crippen molar-refractivity contribution in [3.8, 4) is 0 Å². The van der Waals surface area contributed by atoms with E-state index < -0.39 is 0 Å². The lowest BCUT2D eigenvalue weighted by molar-refractivity contribution is -0.145. The third-order valence-electron chi connectivity index (χ3n) is 5.59. The number of likely N-dealkylation sites (tertiary alicyclic amines) is 2. The number of rotatable bonds is 7. The van der Waals surface area contributed by atoms with Crippen molar-refractivity contribution in [1.82, 2.24) is 14.7 Å². The van der Waals surface area contributed by atoms with Crippen molar-refractivity contribution >= 4 is 11.8 Å². The van der Waals surface area contributed by atoms with Gasteiger partial charge >= 0.3 is 0 Å². The molecule has 150 valence electrons. The first kappa shape index (κ1) is 21.1. The Labute approximate surface area is 157 Å². The highest BCUT2D eigenvalue weighted by Crippen LogP contribution is 2.32. The third kappa shape index (κ3) is 5.41. The van der Waals surface area contributed by atoms with E-state index in [2.05, 4.69) is 4.90 Å². The lowest BCUT2D eigenvalue weighted by Gasteiger charge is -2.44. The fraction of sp³-hybridized carbons (Fsp3) is 0.895. The summed E-state index contributed by atoms with van der Waals surface area (Å²) in [5, 5.41) is 9.95. The third-order valence-corrected chi connectivity index (χ3v) is 5.59. The Kier molecular flexibility index (Phi) is 7.85. The molecule has 1 N–H and O–H groups in total. The molecule has 0 radical (unpaired) electrons. The molecule has 2 saturated heterocycles. The number of carbonyl (C=O) groups is 2. The summed E-state index contributed by atoms with van der Waals surface area (Å²) < 4.78 is 5.19. The summed E-state index contributed by atoms with van der Waals surface area (Å²) in [7, 11) is 4.01. The van der Waals surface area contributed by atoms with Crippen LogP contribution in [-0.2, 0) is 14.3 Å². The molecule has 2 rings (SSSR count). The first-order chi connectivity index (χ1) is 12.4. The van der Waals surface area contributed by atoms with Crippen LogP contribution in [-0.4, -0.2) is 98.3 Å². The van der Waals surface area contributed by atoms with Crippen LogP contribution in [0.2, 0.25) is 0 Å². The van der Waals surface area contributed by atoms with E-state index in [1.165, 1.54) is 0 Å². The fourth-order valence-corrected chi connectivity index (χ4v) is 4.29. The van der Waals surface area contributed by atoms with Gasteiger partial charge in [-0.2, -0.15) is 0 Å². The first-order valence-corrected chi connectivity index (χ1v) is 9.80. The molecule has 0 aromatic rings. The van der Waals surface area contributed by atoms with E-state index in [4.69, 9.17) is 4.74 Å². The monoisotopic (exact) mass is 369 g/mol. The zero-order chi connectivity index (χ0) is 19.2. The smallest absolute Gasteiger partial charge is 0.248 e. The van der Waals surface area contributed by atoms with Crippen LogP contribution in [0, 0.1) is 11.3 Å². The van der Waals surface area contributed by atoms with Gasteiger partial charge in [-0.1, -0.05) is 0 Å². The second-order valence-corrected chi connectivity index (χ2v) is 8.05. The van der Waals surface area contributed by atoms with E-state index in [1.807, 2.05) is 25.9 Å². The largest absolute Gasteiger partial charge is 0.396 e. The van der Waals surface area contributed by atoms with Gasteiger partial charge in [-0.15, -0.1) is 0 Å². The molecular formula is C19H35N3O4. The molecular weight excluding hydrogens is 334 g/mol. The Balaban J connectivity index is 1.88. The number of ether oxygens (including phenoxy) is 1. The van der Waals surface area contributed by atoms with Crippen molar-refractivity contribution in [3.63, 3.8) is 0 Å². The van der Waals surface area contributed by atoms with E-state index in [1.54, 1.807) is 4.90 Å². The summed E-state index contributed by atoms with van der Waals surface area (Å²) in [5.74, 6) is 0.194. The maximum atomic E-state index is 13.0. The molecule has 2 amide bonds. The van der Waals surface area contributed by atoms with Gasteiger partial charge in [0.1, 0.15) is 6.61 Å². The lowest BCUT2D eigenvalue weighted by atomic mass is 9.79. The van der Waals surface area contributed by atoms with E-state index in [0.717, 1.165) is 25.9 Å². The summed E-state index contributed by atoms with van der Waals surface area (Å²) >= 11 is 0. The minimum Gasteiger partial charge on any atom is -0.396 e. The van der Waals surface area contributed by atoms with Gasteiger partial charge in [0.25, 0.3) is 0 Å². The normalized spacial score (nSPS) is 25.0. The quantitative estimate of drug-likeness (QED) is 0.704. The topological polar surface area (TPSA) is 73.3 Å². The highest BCUT2D eigenvalue weighted by Gasteiger charge is 2.39. The molecule has 2 aliphatic heterocycles. The zero-order valence-corrected chi connectivity index (χ0v) is 16.6. The number of hydrogen-bond acceptors (Lipinski definition) is 5. The Morgan fingerprint density at radius 1 is 1.19 bits per heavy atom. The van der Waals surface area contributed by atoms with E-state index >= 15 is 0 Å². The van der Waals surface area contributed by atoms with Gasteiger partial charge in [-0.05, 0) is 46.7 Å². The Hall–Kier alpha value is -1.18. The maximum Gasteiger partial charge on any atom is 0.248 e. The van der Waals surface area contributed by atoms with Crippen LogP contribution in [0.1, 0.15) is 32.6 Å². The Bertz CT molecular complexity index is 477. The number of aliphatic hydroxyl groups excluding tert-OH is 1. The van der Waals surface area contributed by atoms with Gasteiger partial charge in [0, 0.05) is 50.7 Å². The summed E-state index contributed by atoms with van der Waals surface area (Å²) in [6, 6.07) is 0. The van der Waals surface area contributed by atoms with Crippen LogP contribution in [0.4, 0.5) is 0 Å². The van der Waals surface area contributed by atoms with Gasteiger partial charge in [-0.25, -0.2) is 0 Å². The van der Waals surface area contributed by atoms with Crippen molar-refractivity contribution in [2.75, 3.05) is 66.6 Å². The van der Waals surface area contributed by atoms with Crippen molar-refractivity contribution in [3.05, 3.63) is 0 Å². The number of amides is 2. The molecule has 0 spiro atoms. The molecule has 26 heavy (non-hydrogen) atoms. The van der Waals surface area contributed by atoms with Crippen LogP contribution < -0.4 is 0 Å². The maximum absolute atomic E-state index is 13.0. The molecule has 7 heteroatoms. The van der Waals surface area contributed by atoms with Crippen molar-refractivity contribution in [2.24, 2.45) is 11.3 Å². The summed E-state index contributed by atoms with van der Waals surface area (Å²) in [6.07, 6.45) is 3.32. The molecule has 2 heterocycles. The van der Waals surface area contributed by atoms with Crippen molar-refractivity contribution in [1.29, 1.82) is 0 Å². The van der Waals surface area contributed by atoms with Crippen LogP contribution in [0.15, 0.2) is 0 Å². The molecule has 0 aromatic heterocycles. The van der Waals surface area contributed by atoms with Crippen LogP contribution in [0.5, 0.6) is 0 Å². The van der Waals surface area contributed by atoms with Crippen LogP contribution in [0.25, 0.3) is 0 Å². The van der Waals surface area contributed by atoms with Gasteiger partial charge in [0.15, 0.2) is 0 Å². The second kappa shape index (κ2) is 9.67. The van der Waals surface area contributed by atoms with Gasteiger partial charge in [-0.3, -0.25) is 9.59 Å². The molecule has 0 aliphatic carbocycles. The zero-order valence-electron chi connectivity index (χ0n) is 16.6.